The maximum atomic E-state index is 12.9. The highest BCUT2D eigenvalue weighted by Crippen LogP contribution is 2.19. The first kappa shape index (κ1) is 19.0. The molecule has 1 amide bonds. The molecule has 1 aliphatic carbocycles. The van der Waals surface area contributed by atoms with Crippen LogP contribution >= 0.6 is 0 Å². The van der Waals surface area contributed by atoms with Gasteiger partial charge < -0.3 is 10.6 Å². The molecule has 0 radical (unpaired) electrons. The van der Waals surface area contributed by atoms with Gasteiger partial charge in [-0.3, -0.25) is 4.79 Å². The summed E-state index contributed by atoms with van der Waals surface area (Å²) in [6.45, 7) is 1.28. The first-order chi connectivity index (χ1) is 13.2. The van der Waals surface area contributed by atoms with Gasteiger partial charge in [-0.2, -0.15) is 0 Å². The number of halogens is 1. The number of aromatic nitrogens is 2. The fourth-order valence-corrected chi connectivity index (χ4v) is 3.09. The second kappa shape index (κ2) is 9.80. The van der Waals surface area contributed by atoms with Crippen molar-refractivity contribution in [3.8, 4) is 0 Å². The Labute approximate surface area is 159 Å². The van der Waals surface area contributed by atoms with Crippen LogP contribution < -0.4 is 10.6 Å². The maximum Gasteiger partial charge on any atom is 0.271 e. The van der Waals surface area contributed by atoms with Crippen molar-refractivity contribution >= 4 is 11.7 Å². The molecule has 0 fully saturated rings. The molecule has 1 aliphatic rings. The summed E-state index contributed by atoms with van der Waals surface area (Å²) in [7, 11) is 0. The number of anilines is 1. The molecule has 0 atom stereocenters. The van der Waals surface area contributed by atoms with Gasteiger partial charge in [0.15, 0.2) is 5.69 Å². The summed E-state index contributed by atoms with van der Waals surface area (Å²) >= 11 is 0. The van der Waals surface area contributed by atoms with Crippen LogP contribution in [0.3, 0.4) is 0 Å². The smallest absolute Gasteiger partial charge is 0.271 e. The van der Waals surface area contributed by atoms with E-state index >= 15 is 0 Å². The van der Waals surface area contributed by atoms with E-state index in [1.165, 1.54) is 43.4 Å². The third-order valence-corrected chi connectivity index (χ3v) is 4.65. The number of nitrogens with zero attached hydrogens (tertiary/aromatic N) is 2. The van der Waals surface area contributed by atoms with Crippen LogP contribution in [0.5, 0.6) is 0 Å². The van der Waals surface area contributed by atoms with Crippen molar-refractivity contribution in [3.63, 3.8) is 0 Å². The average molecular weight is 368 g/mol. The highest BCUT2D eigenvalue weighted by molar-refractivity contribution is 5.92. The molecule has 0 spiro atoms. The Bertz CT molecular complexity index is 772. The Morgan fingerprint density at radius 2 is 1.85 bits per heavy atom. The van der Waals surface area contributed by atoms with E-state index < -0.39 is 0 Å². The molecule has 3 rings (SSSR count). The summed E-state index contributed by atoms with van der Waals surface area (Å²) in [5.74, 6) is 0.153. The van der Waals surface area contributed by atoms with Crippen molar-refractivity contribution in [1.29, 1.82) is 0 Å². The Morgan fingerprint density at radius 1 is 1.00 bits per heavy atom. The minimum absolute atomic E-state index is 0.261. The first-order valence-electron chi connectivity index (χ1n) is 9.49. The van der Waals surface area contributed by atoms with E-state index in [4.69, 9.17) is 0 Å². The lowest BCUT2D eigenvalue weighted by atomic mass is 9.97. The van der Waals surface area contributed by atoms with E-state index in [0.717, 1.165) is 18.5 Å². The fourth-order valence-electron chi connectivity index (χ4n) is 3.09. The summed E-state index contributed by atoms with van der Waals surface area (Å²) in [5, 5.41) is 14.1. The number of rotatable bonds is 8. The van der Waals surface area contributed by atoms with Crippen molar-refractivity contribution in [3.05, 3.63) is 65.1 Å². The third kappa shape index (κ3) is 6.16. The zero-order valence-corrected chi connectivity index (χ0v) is 15.4. The van der Waals surface area contributed by atoms with Crippen molar-refractivity contribution in [2.45, 2.75) is 38.5 Å². The van der Waals surface area contributed by atoms with Crippen LogP contribution in [0.4, 0.5) is 10.2 Å². The summed E-state index contributed by atoms with van der Waals surface area (Å²) in [5.41, 5.74) is 2.77. The van der Waals surface area contributed by atoms with Crippen molar-refractivity contribution in [2.75, 3.05) is 18.4 Å². The van der Waals surface area contributed by atoms with Gasteiger partial charge in [-0.1, -0.05) is 23.8 Å². The second-order valence-electron chi connectivity index (χ2n) is 6.72. The molecule has 0 saturated heterocycles. The lowest BCUT2D eigenvalue weighted by Gasteiger charge is -2.13. The molecular weight excluding hydrogens is 343 g/mol. The van der Waals surface area contributed by atoms with Gasteiger partial charge in [-0.05, 0) is 68.4 Å². The maximum absolute atomic E-state index is 12.9. The number of benzene rings is 1. The number of amides is 1. The Hall–Kier alpha value is -2.76. The van der Waals surface area contributed by atoms with Crippen LogP contribution in [-0.2, 0) is 6.42 Å². The standard InChI is InChI=1S/C21H25FN4O/c22-18-8-6-17(7-9-18)13-15-24-21(27)19-10-11-20(26-25-19)23-14-12-16-4-2-1-3-5-16/h4,6-11H,1-3,5,12-15H2,(H,23,26)(H,24,27). The van der Waals surface area contributed by atoms with Crippen LogP contribution in [0.25, 0.3) is 0 Å². The molecule has 0 bridgehead atoms. The second-order valence-corrected chi connectivity index (χ2v) is 6.72. The van der Waals surface area contributed by atoms with Crippen LogP contribution in [0.15, 0.2) is 48.0 Å². The molecule has 142 valence electrons. The predicted octanol–water partition coefficient (Wildman–Crippen LogP) is 3.89. The molecule has 1 aromatic carbocycles. The van der Waals surface area contributed by atoms with Gasteiger partial charge >= 0.3 is 0 Å². The summed E-state index contributed by atoms with van der Waals surface area (Å²) in [6.07, 6.45) is 8.98. The predicted molar refractivity (Wildman–Crippen MR) is 104 cm³/mol. The minimum atomic E-state index is -0.262. The Kier molecular flexibility index (Phi) is 6.90. The van der Waals surface area contributed by atoms with E-state index in [1.54, 1.807) is 24.3 Å². The van der Waals surface area contributed by atoms with Crippen LogP contribution in [0, 0.1) is 5.82 Å². The van der Waals surface area contributed by atoms with Gasteiger partial charge in [0.2, 0.25) is 0 Å². The molecule has 1 aromatic heterocycles. The van der Waals surface area contributed by atoms with Crippen LogP contribution in [0.1, 0.15) is 48.2 Å². The van der Waals surface area contributed by atoms with E-state index in [1.807, 2.05) is 0 Å². The van der Waals surface area contributed by atoms with Crippen molar-refractivity contribution in [1.82, 2.24) is 15.5 Å². The number of nitrogens with one attached hydrogen (secondary N) is 2. The normalized spacial score (nSPS) is 13.7. The molecule has 0 saturated carbocycles. The fraction of sp³-hybridized carbons (Fsp3) is 0.381. The monoisotopic (exact) mass is 368 g/mol. The highest BCUT2D eigenvalue weighted by Gasteiger charge is 2.08. The van der Waals surface area contributed by atoms with Crippen LogP contribution in [0.2, 0.25) is 0 Å². The number of hydrogen-bond donors (Lipinski definition) is 2. The molecular formula is C21H25FN4O. The topological polar surface area (TPSA) is 66.9 Å². The van der Waals surface area contributed by atoms with E-state index in [9.17, 15) is 9.18 Å². The molecule has 5 nitrogen and oxygen atoms in total. The molecule has 1 heterocycles. The number of allylic oxidation sites excluding steroid dienone is 1. The van der Waals surface area contributed by atoms with Gasteiger partial charge in [0, 0.05) is 13.1 Å². The minimum Gasteiger partial charge on any atom is -0.368 e. The lowest BCUT2D eigenvalue weighted by Crippen LogP contribution is -2.26. The average Bonchev–Trinajstić information content (AvgIpc) is 2.71. The van der Waals surface area contributed by atoms with Gasteiger partial charge in [0.25, 0.3) is 5.91 Å². The quantitative estimate of drug-likeness (QED) is 0.694. The van der Waals surface area contributed by atoms with E-state index in [2.05, 4.69) is 26.9 Å². The number of hydrogen-bond acceptors (Lipinski definition) is 4. The van der Waals surface area contributed by atoms with Gasteiger partial charge in [0.1, 0.15) is 11.6 Å². The SMILES string of the molecule is O=C(NCCc1ccc(F)cc1)c1ccc(NCCC2=CCCCC2)nn1. The molecule has 2 N–H and O–H groups in total. The largest absolute Gasteiger partial charge is 0.368 e. The Balaban J connectivity index is 1.40. The zero-order valence-electron chi connectivity index (χ0n) is 15.4. The highest BCUT2D eigenvalue weighted by atomic mass is 19.1. The molecule has 27 heavy (non-hydrogen) atoms. The molecule has 0 aliphatic heterocycles. The first-order valence-corrected chi connectivity index (χ1v) is 9.49. The summed E-state index contributed by atoms with van der Waals surface area (Å²) in [6, 6.07) is 9.70. The number of carbonyl (C=O) groups is 1. The number of carbonyl (C=O) groups excluding carboxylic acids is 1. The molecule has 2 aromatic rings. The van der Waals surface area contributed by atoms with E-state index in [0.29, 0.717) is 18.8 Å². The summed E-state index contributed by atoms with van der Waals surface area (Å²) in [4.78, 5) is 12.1. The van der Waals surface area contributed by atoms with Crippen molar-refractivity contribution < 1.29 is 9.18 Å². The van der Waals surface area contributed by atoms with Crippen molar-refractivity contribution in [2.24, 2.45) is 0 Å². The van der Waals surface area contributed by atoms with Crippen LogP contribution in [-0.4, -0.2) is 29.2 Å². The molecule has 6 heteroatoms. The molecule has 0 unspecified atom stereocenters. The van der Waals surface area contributed by atoms with Gasteiger partial charge in [-0.15, -0.1) is 10.2 Å². The lowest BCUT2D eigenvalue weighted by molar-refractivity contribution is 0.0948. The third-order valence-electron chi connectivity index (χ3n) is 4.65. The Morgan fingerprint density at radius 3 is 2.56 bits per heavy atom. The van der Waals surface area contributed by atoms with Gasteiger partial charge in [0.05, 0.1) is 0 Å². The van der Waals surface area contributed by atoms with E-state index in [-0.39, 0.29) is 17.4 Å². The van der Waals surface area contributed by atoms with Gasteiger partial charge in [-0.25, -0.2) is 4.39 Å². The zero-order chi connectivity index (χ0) is 18.9. The summed E-state index contributed by atoms with van der Waals surface area (Å²) < 4.78 is 12.9.